The quantitative estimate of drug-likeness (QED) is 0.834. The summed E-state index contributed by atoms with van der Waals surface area (Å²) in [4.78, 5) is 35.6. The number of amides is 2. The molecule has 2 heterocycles. The Bertz CT molecular complexity index is 842. The van der Waals surface area contributed by atoms with Crippen LogP contribution in [0.2, 0.25) is 0 Å². The Hall–Kier alpha value is -3.09. The molecule has 0 aliphatic carbocycles. The van der Waals surface area contributed by atoms with E-state index in [1.165, 1.54) is 6.92 Å². The lowest BCUT2D eigenvalue weighted by molar-refractivity contribution is -0.117. The number of hydrogen-bond acceptors (Lipinski definition) is 4. The number of benzene rings is 1. The zero-order valence-electron chi connectivity index (χ0n) is 13.9. The topological polar surface area (TPSA) is 99.9 Å². The Morgan fingerprint density at radius 3 is 2.68 bits per heavy atom. The predicted octanol–water partition coefficient (Wildman–Crippen LogP) is 3.21. The monoisotopic (exact) mass is 342 g/mol. The van der Waals surface area contributed by atoms with E-state index in [1.54, 1.807) is 35.2 Å². The van der Waals surface area contributed by atoms with Crippen LogP contribution >= 0.6 is 0 Å². The standard InChI is InChI=1S/C18H18N2O5/c1-10-7-15(19-18(23)24)14-8-12(17-6-4-13(9-21)25-17)3-5-16(14)20(10)11(2)22/h3-6,8-10,15,19H,7H2,1-2H3,(H,23,24)/t10-,15+/m1/s1. The lowest BCUT2D eigenvalue weighted by atomic mass is 9.90. The van der Waals surface area contributed by atoms with Crippen molar-refractivity contribution in [3.05, 3.63) is 41.7 Å². The number of carbonyl (C=O) groups excluding carboxylic acids is 2. The first kappa shape index (κ1) is 16.8. The molecule has 2 amide bonds. The van der Waals surface area contributed by atoms with Crippen LogP contribution in [0.25, 0.3) is 11.3 Å². The van der Waals surface area contributed by atoms with Crippen molar-refractivity contribution < 1.29 is 23.9 Å². The second-order valence-electron chi connectivity index (χ2n) is 6.07. The Labute approximate surface area is 144 Å². The van der Waals surface area contributed by atoms with Gasteiger partial charge in [-0.05, 0) is 49.2 Å². The summed E-state index contributed by atoms with van der Waals surface area (Å²) in [7, 11) is 0. The van der Waals surface area contributed by atoms with Crippen molar-refractivity contribution in [1.82, 2.24) is 5.32 Å². The van der Waals surface area contributed by atoms with Gasteiger partial charge in [-0.3, -0.25) is 9.59 Å². The zero-order valence-corrected chi connectivity index (χ0v) is 13.9. The van der Waals surface area contributed by atoms with Crippen LogP contribution in [-0.4, -0.2) is 29.4 Å². The molecule has 25 heavy (non-hydrogen) atoms. The first-order valence-corrected chi connectivity index (χ1v) is 7.89. The minimum atomic E-state index is -1.12. The second-order valence-corrected chi connectivity index (χ2v) is 6.07. The van der Waals surface area contributed by atoms with Gasteiger partial charge in [-0.25, -0.2) is 4.79 Å². The van der Waals surface area contributed by atoms with E-state index in [9.17, 15) is 14.4 Å². The highest BCUT2D eigenvalue weighted by Crippen LogP contribution is 2.39. The molecule has 0 fully saturated rings. The molecule has 2 atom stereocenters. The van der Waals surface area contributed by atoms with Gasteiger partial charge < -0.3 is 19.7 Å². The summed E-state index contributed by atoms with van der Waals surface area (Å²) in [6.07, 6.45) is -0.0262. The summed E-state index contributed by atoms with van der Waals surface area (Å²) >= 11 is 0. The van der Waals surface area contributed by atoms with Crippen LogP contribution in [-0.2, 0) is 4.79 Å². The molecule has 2 N–H and O–H groups in total. The molecule has 130 valence electrons. The highest BCUT2D eigenvalue weighted by Gasteiger charge is 2.33. The smallest absolute Gasteiger partial charge is 0.405 e. The fourth-order valence-corrected chi connectivity index (χ4v) is 3.35. The minimum Gasteiger partial charge on any atom is -0.465 e. The molecule has 7 nitrogen and oxygen atoms in total. The van der Waals surface area contributed by atoms with Gasteiger partial charge in [0.15, 0.2) is 12.0 Å². The highest BCUT2D eigenvalue weighted by molar-refractivity contribution is 5.94. The SMILES string of the molecule is CC(=O)N1c2ccc(-c3ccc(C=O)o3)cc2[C@@H](NC(=O)O)C[C@H]1C. The molecule has 1 aromatic carbocycles. The fourth-order valence-electron chi connectivity index (χ4n) is 3.35. The minimum absolute atomic E-state index is 0.100. The van der Waals surface area contributed by atoms with E-state index in [-0.39, 0.29) is 17.7 Å². The van der Waals surface area contributed by atoms with E-state index in [2.05, 4.69) is 5.32 Å². The van der Waals surface area contributed by atoms with E-state index in [0.29, 0.717) is 35.3 Å². The average Bonchev–Trinajstić information content (AvgIpc) is 3.02. The average molecular weight is 342 g/mol. The van der Waals surface area contributed by atoms with E-state index in [1.807, 2.05) is 6.92 Å². The number of nitrogens with one attached hydrogen (secondary N) is 1. The normalized spacial score (nSPS) is 19.2. The van der Waals surface area contributed by atoms with Crippen LogP contribution in [0.3, 0.4) is 0 Å². The molecule has 1 aliphatic heterocycles. The van der Waals surface area contributed by atoms with Crippen molar-refractivity contribution in [1.29, 1.82) is 0 Å². The summed E-state index contributed by atoms with van der Waals surface area (Å²) in [5.74, 6) is 0.621. The molecular weight excluding hydrogens is 324 g/mol. The van der Waals surface area contributed by atoms with Crippen LogP contribution < -0.4 is 10.2 Å². The molecule has 0 radical (unpaired) electrons. The van der Waals surface area contributed by atoms with Gasteiger partial charge in [0.05, 0.1) is 6.04 Å². The summed E-state index contributed by atoms with van der Waals surface area (Å²) in [5, 5.41) is 11.6. The first-order valence-electron chi connectivity index (χ1n) is 7.89. The number of aldehydes is 1. The van der Waals surface area contributed by atoms with Crippen molar-refractivity contribution in [3.8, 4) is 11.3 Å². The van der Waals surface area contributed by atoms with Gasteiger partial charge in [0.2, 0.25) is 5.91 Å². The predicted molar refractivity (Wildman–Crippen MR) is 90.7 cm³/mol. The number of nitrogens with zero attached hydrogens (tertiary/aromatic N) is 1. The van der Waals surface area contributed by atoms with Crippen LogP contribution in [0.5, 0.6) is 0 Å². The molecule has 7 heteroatoms. The van der Waals surface area contributed by atoms with Crippen molar-refractivity contribution in [2.24, 2.45) is 0 Å². The molecule has 3 rings (SSSR count). The number of carbonyl (C=O) groups is 3. The zero-order chi connectivity index (χ0) is 18.1. The molecule has 1 aliphatic rings. The van der Waals surface area contributed by atoms with Gasteiger partial charge in [0.1, 0.15) is 5.76 Å². The summed E-state index contributed by atoms with van der Waals surface area (Å²) in [5.41, 5.74) is 2.09. The highest BCUT2D eigenvalue weighted by atomic mass is 16.4. The lowest BCUT2D eigenvalue weighted by Gasteiger charge is -2.39. The number of furan rings is 1. The Morgan fingerprint density at radius 2 is 2.08 bits per heavy atom. The van der Waals surface area contributed by atoms with E-state index in [0.717, 1.165) is 0 Å². The van der Waals surface area contributed by atoms with Crippen molar-refractivity contribution in [2.75, 3.05) is 4.90 Å². The molecule has 0 bridgehead atoms. The summed E-state index contributed by atoms with van der Waals surface area (Å²) in [6.45, 7) is 3.37. The lowest BCUT2D eigenvalue weighted by Crippen LogP contribution is -2.45. The third-order valence-electron chi connectivity index (χ3n) is 4.34. The van der Waals surface area contributed by atoms with E-state index >= 15 is 0 Å². The Morgan fingerprint density at radius 1 is 1.32 bits per heavy atom. The number of rotatable bonds is 3. The maximum Gasteiger partial charge on any atom is 0.405 e. The van der Waals surface area contributed by atoms with Gasteiger partial charge in [0.25, 0.3) is 0 Å². The van der Waals surface area contributed by atoms with Crippen molar-refractivity contribution in [2.45, 2.75) is 32.4 Å². The third kappa shape index (κ3) is 3.13. The first-order chi connectivity index (χ1) is 11.9. The summed E-state index contributed by atoms with van der Waals surface area (Å²) < 4.78 is 5.44. The van der Waals surface area contributed by atoms with Gasteiger partial charge in [-0.2, -0.15) is 0 Å². The Kier molecular flexibility index (Phi) is 4.31. The third-order valence-corrected chi connectivity index (χ3v) is 4.34. The molecule has 0 saturated carbocycles. The van der Waals surface area contributed by atoms with Gasteiger partial charge in [0, 0.05) is 24.2 Å². The molecular formula is C18H18N2O5. The number of hydrogen-bond donors (Lipinski definition) is 2. The van der Waals surface area contributed by atoms with Gasteiger partial charge >= 0.3 is 6.09 Å². The molecule has 2 aromatic rings. The second kappa shape index (κ2) is 6.43. The van der Waals surface area contributed by atoms with Crippen LogP contribution in [0.15, 0.2) is 34.7 Å². The molecule has 0 saturated heterocycles. The van der Waals surface area contributed by atoms with Crippen molar-refractivity contribution in [3.63, 3.8) is 0 Å². The molecule has 0 unspecified atom stereocenters. The van der Waals surface area contributed by atoms with Crippen molar-refractivity contribution >= 4 is 24.0 Å². The fraction of sp³-hybridized carbons (Fsp3) is 0.278. The van der Waals surface area contributed by atoms with E-state index in [4.69, 9.17) is 9.52 Å². The molecule has 1 aromatic heterocycles. The Balaban J connectivity index is 2.09. The summed E-state index contributed by atoms with van der Waals surface area (Å²) in [6, 6.07) is 8.05. The van der Waals surface area contributed by atoms with E-state index < -0.39 is 12.1 Å². The maximum absolute atomic E-state index is 12.0. The van der Waals surface area contributed by atoms with Gasteiger partial charge in [-0.1, -0.05) is 0 Å². The van der Waals surface area contributed by atoms with Gasteiger partial charge in [-0.15, -0.1) is 0 Å². The molecule has 0 spiro atoms. The largest absolute Gasteiger partial charge is 0.465 e. The number of fused-ring (bicyclic) bond motifs is 1. The van der Waals surface area contributed by atoms with Crippen LogP contribution in [0, 0.1) is 0 Å². The maximum atomic E-state index is 12.0. The number of anilines is 1. The number of carboxylic acid groups (broad SMARTS) is 1. The van der Waals surface area contributed by atoms with Crippen LogP contribution in [0.4, 0.5) is 10.5 Å². The van der Waals surface area contributed by atoms with Crippen LogP contribution in [0.1, 0.15) is 42.4 Å².